The molecule has 6 nitrogen and oxygen atoms in total. The molecule has 0 saturated heterocycles. The van der Waals surface area contributed by atoms with E-state index in [1.165, 1.54) is 11.3 Å². The fourth-order valence-corrected chi connectivity index (χ4v) is 2.75. The minimum absolute atomic E-state index is 0.207. The Morgan fingerprint density at radius 3 is 2.80 bits per heavy atom. The molecule has 0 bridgehead atoms. The molecular formula is C12H13BrN4O2S. The van der Waals surface area contributed by atoms with Crippen molar-refractivity contribution in [2.24, 2.45) is 0 Å². The van der Waals surface area contributed by atoms with E-state index in [9.17, 15) is 4.79 Å². The first-order valence-electron chi connectivity index (χ1n) is 5.63. The van der Waals surface area contributed by atoms with Gasteiger partial charge in [-0.1, -0.05) is 27.3 Å². The fourth-order valence-electron chi connectivity index (χ4n) is 1.54. The zero-order valence-corrected chi connectivity index (χ0v) is 13.3. The molecule has 1 aromatic heterocycles. The van der Waals surface area contributed by atoms with E-state index in [0.29, 0.717) is 21.4 Å². The number of nitrogens with one attached hydrogen (secondary N) is 2. The Labute approximate surface area is 128 Å². The Bertz CT molecular complexity index is 644. The third kappa shape index (κ3) is 3.20. The summed E-state index contributed by atoms with van der Waals surface area (Å²) >= 11 is 4.55. The molecule has 1 amide bonds. The second-order valence-electron chi connectivity index (χ2n) is 3.82. The van der Waals surface area contributed by atoms with E-state index < -0.39 is 0 Å². The van der Waals surface area contributed by atoms with Crippen LogP contribution in [0.2, 0.25) is 0 Å². The Kier molecular flexibility index (Phi) is 4.46. The van der Waals surface area contributed by atoms with E-state index in [2.05, 4.69) is 31.5 Å². The monoisotopic (exact) mass is 356 g/mol. The number of nitrogens with zero attached hydrogens (tertiary/aromatic N) is 1. The number of hydrogen-bond acceptors (Lipinski definition) is 6. The highest BCUT2D eigenvalue weighted by Crippen LogP contribution is 2.28. The molecule has 106 valence electrons. The van der Waals surface area contributed by atoms with Crippen LogP contribution in [-0.2, 0) is 0 Å². The van der Waals surface area contributed by atoms with Crippen molar-refractivity contribution < 1.29 is 9.53 Å². The summed E-state index contributed by atoms with van der Waals surface area (Å²) in [6, 6.07) is 5.30. The summed E-state index contributed by atoms with van der Waals surface area (Å²) in [5.41, 5.74) is 6.33. The van der Waals surface area contributed by atoms with Crippen molar-refractivity contribution in [3.8, 4) is 5.75 Å². The molecule has 0 aliphatic carbocycles. The Morgan fingerprint density at radius 2 is 2.20 bits per heavy atom. The van der Waals surface area contributed by atoms with Gasteiger partial charge in [-0.3, -0.25) is 4.79 Å². The van der Waals surface area contributed by atoms with E-state index >= 15 is 0 Å². The van der Waals surface area contributed by atoms with E-state index in [4.69, 9.17) is 10.5 Å². The lowest BCUT2D eigenvalue weighted by Gasteiger charge is -2.07. The number of ether oxygens (including phenoxy) is 1. The van der Waals surface area contributed by atoms with Gasteiger partial charge in [0, 0.05) is 23.3 Å². The molecule has 0 spiro atoms. The molecule has 20 heavy (non-hydrogen) atoms. The number of thiazole rings is 1. The summed E-state index contributed by atoms with van der Waals surface area (Å²) in [6.45, 7) is 0. The molecule has 1 heterocycles. The highest BCUT2D eigenvalue weighted by molar-refractivity contribution is 9.10. The fraction of sp³-hybridized carbons (Fsp3) is 0.167. The number of carbonyl (C=O) groups excluding carboxylic acids is 1. The van der Waals surface area contributed by atoms with Gasteiger partial charge in [0.05, 0.1) is 7.11 Å². The lowest BCUT2D eigenvalue weighted by atomic mass is 10.3. The van der Waals surface area contributed by atoms with Gasteiger partial charge in [0.1, 0.15) is 16.4 Å². The van der Waals surface area contributed by atoms with Crippen LogP contribution in [0.5, 0.6) is 5.75 Å². The molecule has 2 aromatic rings. The van der Waals surface area contributed by atoms with Crippen LogP contribution in [0.25, 0.3) is 0 Å². The molecule has 0 radical (unpaired) electrons. The van der Waals surface area contributed by atoms with Gasteiger partial charge in [-0.2, -0.15) is 0 Å². The number of carbonyl (C=O) groups is 1. The van der Waals surface area contributed by atoms with Gasteiger partial charge in [-0.15, -0.1) is 0 Å². The third-order valence-corrected chi connectivity index (χ3v) is 3.98. The number of halogens is 1. The van der Waals surface area contributed by atoms with Crippen molar-refractivity contribution in [3.05, 3.63) is 27.5 Å². The highest BCUT2D eigenvalue weighted by atomic mass is 79.9. The van der Waals surface area contributed by atoms with Crippen LogP contribution < -0.4 is 21.1 Å². The molecule has 1 aromatic carbocycles. The molecule has 0 saturated carbocycles. The van der Waals surface area contributed by atoms with Crippen molar-refractivity contribution in [1.29, 1.82) is 0 Å². The first-order chi connectivity index (χ1) is 9.53. The van der Waals surface area contributed by atoms with Gasteiger partial charge >= 0.3 is 0 Å². The maximum atomic E-state index is 12.2. The number of methoxy groups -OCH3 is 1. The summed E-state index contributed by atoms with van der Waals surface area (Å²) in [5, 5.41) is 6.22. The summed E-state index contributed by atoms with van der Waals surface area (Å²) in [5.74, 6) is 0.545. The van der Waals surface area contributed by atoms with Crippen LogP contribution in [0.1, 0.15) is 9.67 Å². The quantitative estimate of drug-likeness (QED) is 0.783. The summed E-state index contributed by atoms with van der Waals surface area (Å²) in [4.78, 5) is 16.6. The van der Waals surface area contributed by atoms with Crippen molar-refractivity contribution in [1.82, 2.24) is 4.98 Å². The van der Waals surface area contributed by atoms with E-state index in [1.54, 1.807) is 32.4 Å². The first-order valence-corrected chi connectivity index (χ1v) is 7.24. The summed E-state index contributed by atoms with van der Waals surface area (Å²) < 4.78 is 5.95. The van der Waals surface area contributed by atoms with Gasteiger partial charge in [0.2, 0.25) is 0 Å². The van der Waals surface area contributed by atoms with E-state index in [-0.39, 0.29) is 11.7 Å². The second kappa shape index (κ2) is 6.10. The third-order valence-electron chi connectivity index (χ3n) is 2.44. The number of anilines is 3. The Balaban J connectivity index is 2.22. The summed E-state index contributed by atoms with van der Waals surface area (Å²) in [7, 11) is 3.28. The highest BCUT2D eigenvalue weighted by Gasteiger charge is 2.16. The SMILES string of the molecule is CNc1nc(N)c(C(=O)Nc2cc(Br)cc(OC)c2)s1. The molecule has 2 rings (SSSR count). The zero-order valence-electron chi connectivity index (χ0n) is 10.9. The minimum atomic E-state index is -0.304. The van der Waals surface area contributed by atoms with Gasteiger partial charge in [-0.05, 0) is 12.1 Å². The molecule has 0 aliphatic rings. The van der Waals surface area contributed by atoms with Crippen LogP contribution >= 0.6 is 27.3 Å². The number of rotatable bonds is 4. The van der Waals surface area contributed by atoms with Gasteiger partial charge in [0.15, 0.2) is 5.13 Å². The second-order valence-corrected chi connectivity index (χ2v) is 5.73. The number of amides is 1. The van der Waals surface area contributed by atoms with Crippen LogP contribution in [0.3, 0.4) is 0 Å². The molecular weight excluding hydrogens is 344 g/mol. The zero-order chi connectivity index (χ0) is 14.7. The van der Waals surface area contributed by atoms with E-state index in [1.807, 2.05) is 0 Å². The normalized spacial score (nSPS) is 10.2. The van der Waals surface area contributed by atoms with Gasteiger partial charge in [0.25, 0.3) is 5.91 Å². The molecule has 0 unspecified atom stereocenters. The Morgan fingerprint density at radius 1 is 1.45 bits per heavy atom. The van der Waals surface area contributed by atoms with Crippen molar-refractivity contribution in [2.45, 2.75) is 0 Å². The minimum Gasteiger partial charge on any atom is -0.497 e. The number of hydrogen-bond donors (Lipinski definition) is 3. The molecule has 0 fully saturated rings. The number of nitrogens with two attached hydrogens (primary N) is 1. The van der Waals surface area contributed by atoms with Crippen LogP contribution in [0.4, 0.5) is 16.6 Å². The lowest BCUT2D eigenvalue weighted by Crippen LogP contribution is -2.12. The van der Waals surface area contributed by atoms with Crippen LogP contribution in [0, 0.1) is 0 Å². The van der Waals surface area contributed by atoms with Gasteiger partial charge < -0.3 is 21.1 Å². The molecule has 4 N–H and O–H groups in total. The van der Waals surface area contributed by atoms with E-state index in [0.717, 1.165) is 4.47 Å². The summed E-state index contributed by atoms with van der Waals surface area (Å²) in [6.07, 6.45) is 0. The smallest absolute Gasteiger partial charge is 0.269 e. The molecule has 0 aliphatic heterocycles. The average molecular weight is 357 g/mol. The first kappa shape index (κ1) is 14.6. The standard InChI is InChI=1S/C12H13BrN4O2S/c1-15-12-17-10(14)9(20-12)11(18)16-7-3-6(13)4-8(5-7)19-2/h3-5H,14H2,1-2H3,(H,15,17)(H,16,18). The Hall–Kier alpha value is -1.80. The maximum Gasteiger partial charge on any atom is 0.269 e. The van der Waals surface area contributed by atoms with Crippen molar-refractivity contribution in [3.63, 3.8) is 0 Å². The van der Waals surface area contributed by atoms with Crippen LogP contribution in [0.15, 0.2) is 22.7 Å². The van der Waals surface area contributed by atoms with Crippen molar-refractivity contribution in [2.75, 3.05) is 30.5 Å². The number of nitrogen functional groups attached to an aromatic ring is 1. The van der Waals surface area contributed by atoms with Crippen molar-refractivity contribution >= 4 is 49.8 Å². The molecule has 8 heteroatoms. The predicted octanol–water partition coefficient (Wildman–Crippen LogP) is 2.79. The average Bonchev–Trinajstić information content (AvgIpc) is 2.79. The number of aromatic nitrogens is 1. The van der Waals surface area contributed by atoms with Crippen LogP contribution in [-0.4, -0.2) is 25.0 Å². The lowest BCUT2D eigenvalue weighted by molar-refractivity contribution is 0.103. The number of benzene rings is 1. The predicted molar refractivity (Wildman–Crippen MR) is 84.7 cm³/mol. The van der Waals surface area contributed by atoms with Gasteiger partial charge in [-0.25, -0.2) is 4.98 Å². The largest absolute Gasteiger partial charge is 0.497 e. The molecule has 0 atom stereocenters. The maximum absolute atomic E-state index is 12.2. The topological polar surface area (TPSA) is 89.3 Å².